The number of aryl methyl sites for hydroxylation is 2. The minimum absolute atomic E-state index is 0.0668. The number of halogens is 1. The molecule has 0 fully saturated rings. The van der Waals surface area contributed by atoms with E-state index in [1.54, 1.807) is 15.6 Å². The first-order chi connectivity index (χ1) is 8.97. The van der Waals surface area contributed by atoms with Gasteiger partial charge in [-0.15, -0.1) is 0 Å². The van der Waals surface area contributed by atoms with Gasteiger partial charge in [0, 0.05) is 18.9 Å². The fourth-order valence-corrected chi connectivity index (χ4v) is 2.10. The fraction of sp³-hybridized carbons (Fsp3) is 0.417. The highest BCUT2D eigenvalue weighted by Crippen LogP contribution is 2.09. The average Bonchev–Trinajstić information content (AvgIpc) is 2.93. The van der Waals surface area contributed by atoms with Crippen LogP contribution in [0.4, 0.5) is 0 Å². The number of carbonyl (C=O) groups excluding carboxylic acids is 1. The standard InChI is InChI=1S/C12H16IN5O/c1-8-4-11(16-17(8)3)6-14-12(19)9(2)18-7-10(13)5-15-18/h4-5,7,9H,6H2,1-3H3,(H,14,19). The maximum atomic E-state index is 12.0. The Morgan fingerprint density at radius 1 is 1.58 bits per heavy atom. The Morgan fingerprint density at radius 3 is 2.84 bits per heavy atom. The molecule has 0 aliphatic rings. The molecule has 0 aliphatic carbocycles. The van der Waals surface area contributed by atoms with Gasteiger partial charge >= 0.3 is 0 Å². The summed E-state index contributed by atoms with van der Waals surface area (Å²) in [6.45, 7) is 4.23. The number of rotatable bonds is 4. The molecule has 2 rings (SSSR count). The molecule has 2 aromatic heterocycles. The molecule has 1 amide bonds. The van der Waals surface area contributed by atoms with E-state index in [4.69, 9.17) is 0 Å². The molecule has 6 nitrogen and oxygen atoms in total. The molecular weight excluding hydrogens is 357 g/mol. The molecule has 1 atom stereocenters. The summed E-state index contributed by atoms with van der Waals surface area (Å²) in [4.78, 5) is 12.0. The van der Waals surface area contributed by atoms with Crippen LogP contribution < -0.4 is 5.32 Å². The molecule has 0 saturated heterocycles. The van der Waals surface area contributed by atoms with Gasteiger partial charge in [0.05, 0.1) is 22.0 Å². The van der Waals surface area contributed by atoms with Crippen molar-refractivity contribution in [2.75, 3.05) is 0 Å². The van der Waals surface area contributed by atoms with Crippen molar-refractivity contribution in [3.05, 3.63) is 33.4 Å². The Bertz CT molecular complexity index is 569. The molecule has 1 N–H and O–H groups in total. The van der Waals surface area contributed by atoms with Crippen LogP contribution in [0.15, 0.2) is 18.5 Å². The van der Waals surface area contributed by atoms with Crippen LogP contribution in [-0.4, -0.2) is 25.5 Å². The normalized spacial score (nSPS) is 12.4. The first kappa shape index (κ1) is 14.0. The fourth-order valence-electron chi connectivity index (χ4n) is 1.69. The van der Waals surface area contributed by atoms with E-state index in [1.165, 1.54) is 0 Å². The molecule has 102 valence electrons. The molecule has 2 aromatic rings. The number of carbonyl (C=O) groups is 1. The minimum atomic E-state index is -0.326. The molecule has 19 heavy (non-hydrogen) atoms. The van der Waals surface area contributed by atoms with Crippen molar-refractivity contribution in [3.8, 4) is 0 Å². The van der Waals surface area contributed by atoms with Crippen LogP contribution in [0, 0.1) is 10.5 Å². The number of amides is 1. The van der Waals surface area contributed by atoms with Crippen molar-refractivity contribution < 1.29 is 4.79 Å². The van der Waals surface area contributed by atoms with Gasteiger partial charge in [-0.2, -0.15) is 10.2 Å². The molecule has 0 saturated carbocycles. The van der Waals surface area contributed by atoms with Gasteiger partial charge in [-0.1, -0.05) is 0 Å². The predicted octanol–water partition coefficient (Wildman–Crippen LogP) is 1.41. The van der Waals surface area contributed by atoms with Gasteiger partial charge in [-0.05, 0) is 42.5 Å². The van der Waals surface area contributed by atoms with Gasteiger partial charge in [-0.25, -0.2) is 0 Å². The summed E-state index contributed by atoms with van der Waals surface area (Å²) in [5, 5.41) is 11.3. The van der Waals surface area contributed by atoms with Gasteiger partial charge < -0.3 is 5.32 Å². The topological polar surface area (TPSA) is 64.7 Å². The van der Waals surface area contributed by atoms with Crippen LogP contribution in [0.3, 0.4) is 0 Å². The molecule has 0 bridgehead atoms. The first-order valence-corrected chi connectivity index (χ1v) is 7.02. The van der Waals surface area contributed by atoms with Crippen molar-refractivity contribution >= 4 is 28.5 Å². The summed E-state index contributed by atoms with van der Waals surface area (Å²) >= 11 is 2.17. The van der Waals surface area contributed by atoms with Gasteiger partial charge in [-0.3, -0.25) is 14.2 Å². The zero-order chi connectivity index (χ0) is 14.0. The summed E-state index contributed by atoms with van der Waals surface area (Å²) in [5.41, 5.74) is 1.93. The number of hydrogen-bond donors (Lipinski definition) is 1. The van der Waals surface area contributed by atoms with Crippen molar-refractivity contribution in [1.29, 1.82) is 0 Å². The van der Waals surface area contributed by atoms with Crippen LogP contribution in [0.1, 0.15) is 24.4 Å². The van der Waals surface area contributed by atoms with E-state index in [1.807, 2.05) is 33.2 Å². The lowest BCUT2D eigenvalue weighted by atomic mass is 10.3. The quantitative estimate of drug-likeness (QED) is 0.825. The zero-order valence-corrected chi connectivity index (χ0v) is 13.2. The molecule has 2 heterocycles. The summed E-state index contributed by atoms with van der Waals surface area (Å²) in [6.07, 6.45) is 3.57. The smallest absolute Gasteiger partial charge is 0.244 e. The van der Waals surface area contributed by atoms with Gasteiger partial charge in [0.1, 0.15) is 6.04 Å². The second kappa shape index (κ2) is 5.72. The Morgan fingerprint density at radius 2 is 2.32 bits per heavy atom. The van der Waals surface area contributed by atoms with Crippen LogP contribution in [-0.2, 0) is 18.4 Å². The molecular formula is C12H16IN5O. The Kier molecular flexibility index (Phi) is 4.23. The summed E-state index contributed by atoms with van der Waals surface area (Å²) in [5.74, 6) is -0.0668. The van der Waals surface area contributed by atoms with Crippen molar-refractivity contribution in [3.63, 3.8) is 0 Å². The molecule has 0 aromatic carbocycles. The zero-order valence-electron chi connectivity index (χ0n) is 11.1. The molecule has 0 spiro atoms. The minimum Gasteiger partial charge on any atom is -0.349 e. The highest BCUT2D eigenvalue weighted by Gasteiger charge is 2.15. The Balaban J connectivity index is 1.94. The summed E-state index contributed by atoms with van der Waals surface area (Å²) < 4.78 is 4.46. The number of nitrogens with zero attached hydrogens (tertiary/aromatic N) is 4. The molecule has 1 unspecified atom stereocenters. The molecule has 7 heteroatoms. The number of aromatic nitrogens is 4. The maximum absolute atomic E-state index is 12.0. The lowest BCUT2D eigenvalue weighted by Crippen LogP contribution is -2.31. The predicted molar refractivity (Wildman–Crippen MR) is 79.4 cm³/mol. The maximum Gasteiger partial charge on any atom is 0.244 e. The van der Waals surface area contributed by atoms with E-state index < -0.39 is 0 Å². The first-order valence-electron chi connectivity index (χ1n) is 5.94. The van der Waals surface area contributed by atoms with Crippen molar-refractivity contribution in [2.24, 2.45) is 7.05 Å². The Hall–Kier alpha value is -1.38. The van der Waals surface area contributed by atoms with E-state index in [0.717, 1.165) is 15.0 Å². The van der Waals surface area contributed by atoms with E-state index in [-0.39, 0.29) is 11.9 Å². The number of hydrogen-bond acceptors (Lipinski definition) is 3. The third-order valence-electron chi connectivity index (χ3n) is 2.95. The SMILES string of the molecule is Cc1cc(CNC(=O)C(C)n2cc(I)cn2)nn1C. The lowest BCUT2D eigenvalue weighted by molar-refractivity contribution is -0.124. The highest BCUT2D eigenvalue weighted by atomic mass is 127. The average molecular weight is 373 g/mol. The molecule has 0 aliphatic heterocycles. The monoisotopic (exact) mass is 373 g/mol. The van der Waals surface area contributed by atoms with E-state index in [0.29, 0.717) is 6.54 Å². The van der Waals surface area contributed by atoms with Crippen LogP contribution >= 0.6 is 22.6 Å². The van der Waals surface area contributed by atoms with Crippen molar-refractivity contribution in [1.82, 2.24) is 24.9 Å². The third-order valence-corrected chi connectivity index (χ3v) is 3.51. The van der Waals surface area contributed by atoms with Gasteiger partial charge in [0.2, 0.25) is 5.91 Å². The van der Waals surface area contributed by atoms with E-state index in [2.05, 4.69) is 38.1 Å². The van der Waals surface area contributed by atoms with Crippen LogP contribution in [0.25, 0.3) is 0 Å². The second-order valence-corrected chi connectivity index (χ2v) is 5.68. The largest absolute Gasteiger partial charge is 0.349 e. The highest BCUT2D eigenvalue weighted by molar-refractivity contribution is 14.1. The summed E-state index contributed by atoms with van der Waals surface area (Å²) in [7, 11) is 1.88. The Labute approximate surface area is 125 Å². The van der Waals surface area contributed by atoms with E-state index in [9.17, 15) is 4.79 Å². The van der Waals surface area contributed by atoms with E-state index >= 15 is 0 Å². The van der Waals surface area contributed by atoms with Crippen LogP contribution in [0.2, 0.25) is 0 Å². The third kappa shape index (κ3) is 3.34. The summed E-state index contributed by atoms with van der Waals surface area (Å²) in [6, 6.07) is 1.63. The van der Waals surface area contributed by atoms with Crippen LogP contribution in [0.5, 0.6) is 0 Å². The van der Waals surface area contributed by atoms with Gasteiger partial charge in [0.25, 0.3) is 0 Å². The van der Waals surface area contributed by atoms with Crippen molar-refractivity contribution in [2.45, 2.75) is 26.4 Å². The van der Waals surface area contributed by atoms with Gasteiger partial charge in [0.15, 0.2) is 0 Å². The number of nitrogens with one attached hydrogen (secondary N) is 1. The second-order valence-electron chi connectivity index (χ2n) is 4.43. The lowest BCUT2D eigenvalue weighted by Gasteiger charge is -2.11. The molecule has 0 radical (unpaired) electrons.